The highest BCUT2D eigenvalue weighted by atomic mass is 79.9. The first-order valence-corrected chi connectivity index (χ1v) is 6.47. The van der Waals surface area contributed by atoms with E-state index in [1.165, 1.54) is 0 Å². The SMILES string of the molecule is Cc1cc(C(O)CBr)cc(C(C)(C)C)c1O. The Labute approximate surface area is 105 Å². The second kappa shape index (κ2) is 4.76. The number of hydrogen-bond donors (Lipinski definition) is 2. The largest absolute Gasteiger partial charge is 0.507 e. The molecule has 0 aliphatic carbocycles. The third kappa shape index (κ3) is 2.77. The summed E-state index contributed by atoms with van der Waals surface area (Å²) in [4.78, 5) is 0. The lowest BCUT2D eigenvalue weighted by Gasteiger charge is -2.23. The van der Waals surface area contributed by atoms with Crippen molar-refractivity contribution in [2.75, 3.05) is 5.33 Å². The minimum absolute atomic E-state index is 0.128. The second-order valence-electron chi connectivity index (χ2n) is 5.15. The topological polar surface area (TPSA) is 40.5 Å². The van der Waals surface area contributed by atoms with E-state index in [4.69, 9.17) is 0 Å². The Kier molecular flexibility index (Phi) is 4.02. The number of alkyl halides is 1. The van der Waals surface area contributed by atoms with Gasteiger partial charge in [0.1, 0.15) is 5.75 Å². The van der Waals surface area contributed by atoms with Crippen molar-refractivity contribution in [1.82, 2.24) is 0 Å². The fraction of sp³-hybridized carbons (Fsp3) is 0.538. The van der Waals surface area contributed by atoms with Crippen LogP contribution in [0.2, 0.25) is 0 Å². The van der Waals surface area contributed by atoms with E-state index < -0.39 is 6.10 Å². The van der Waals surface area contributed by atoms with Gasteiger partial charge in [-0.05, 0) is 41.2 Å². The molecule has 0 aliphatic heterocycles. The van der Waals surface area contributed by atoms with Crippen molar-refractivity contribution in [2.45, 2.75) is 39.2 Å². The van der Waals surface area contributed by atoms with E-state index in [1.807, 2.05) is 39.8 Å². The highest BCUT2D eigenvalue weighted by Crippen LogP contribution is 2.35. The Morgan fingerprint density at radius 3 is 2.31 bits per heavy atom. The van der Waals surface area contributed by atoms with E-state index in [9.17, 15) is 10.2 Å². The molecule has 0 spiro atoms. The lowest BCUT2D eigenvalue weighted by molar-refractivity contribution is 0.205. The van der Waals surface area contributed by atoms with Crippen molar-refractivity contribution >= 4 is 15.9 Å². The molecule has 0 bridgehead atoms. The van der Waals surface area contributed by atoms with Crippen LogP contribution in [0.5, 0.6) is 5.75 Å². The predicted octanol–water partition coefficient (Wildman–Crippen LogP) is 3.43. The molecule has 16 heavy (non-hydrogen) atoms. The quantitative estimate of drug-likeness (QED) is 0.818. The number of benzene rings is 1. The average molecular weight is 287 g/mol. The number of halogens is 1. The summed E-state index contributed by atoms with van der Waals surface area (Å²) in [6.45, 7) is 8.00. The number of aromatic hydroxyl groups is 1. The molecule has 1 aromatic rings. The van der Waals surface area contributed by atoms with Gasteiger partial charge in [0, 0.05) is 5.33 Å². The van der Waals surface area contributed by atoms with Crippen LogP contribution in [0.1, 0.15) is 43.6 Å². The van der Waals surface area contributed by atoms with Crippen LogP contribution in [0.3, 0.4) is 0 Å². The molecule has 0 saturated carbocycles. The maximum atomic E-state index is 10.0. The number of phenols is 1. The summed E-state index contributed by atoms with van der Waals surface area (Å²) >= 11 is 3.26. The molecule has 0 radical (unpaired) electrons. The molecular weight excluding hydrogens is 268 g/mol. The normalized spacial score (nSPS) is 13.9. The molecule has 1 unspecified atom stereocenters. The molecule has 0 fully saturated rings. The monoisotopic (exact) mass is 286 g/mol. The van der Waals surface area contributed by atoms with Crippen molar-refractivity contribution < 1.29 is 10.2 Å². The van der Waals surface area contributed by atoms with Crippen LogP contribution in [0.25, 0.3) is 0 Å². The zero-order valence-electron chi connectivity index (χ0n) is 10.2. The molecule has 3 heteroatoms. The predicted molar refractivity (Wildman–Crippen MR) is 70.3 cm³/mol. The molecule has 0 amide bonds. The van der Waals surface area contributed by atoms with Crippen LogP contribution in [-0.4, -0.2) is 15.5 Å². The van der Waals surface area contributed by atoms with Crippen molar-refractivity contribution in [2.24, 2.45) is 0 Å². The summed E-state index contributed by atoms with van der Waals surface area (Å²) in [5.74, 6) is 0.332. The van der Waals surface area contributed by atoms with Crippen LogP contribution < -0.4 is 0 Å². The highest BCUT2D eigenvalue weighted by molar-refractivity contribution is 9.09. The minimum Gasteiger partial charge on any atom is -0.507 e. The van der Waals surface area contributed by atoms with Crippen LogP contribution in [0, 0.1) is 6.92 Å². The summed E-state index contributed by atoms with van der Waals surface area (Å²) < 4.78 is 0. The van der Waals surface area contributed by atoms with Gasteiger partial charge in [0.15, 0.2) is 0 Å². The van der Waals surface area contributed by atoms with Crippen molar-refractivity contribution in [3.8, 4) is 5.75 Å². The summed E-state index contributed by atoms with van der Waals surface area (Å²) in [5, 5.41) is 20.3. The van der Waals surface area contributed by atoms with Crippen LogP contribution in [0.15, 0.2) is 12.1 Å². The number of rotatable bonds is 2. The Morgan fingerprint density at radius 1 is 1.31 bits per heavy atom. The Morgan fingerprint density at radius 2 is 1.88 bits per heavy atom. The number of phenolic OH excluding ortho intramolecular Hbond substituents is 1. The Hall–Kier alpha value is -0.540. The Balaban J connectivity index is 3.33. The van der Waals surface area contributed by atoms with E-state index in [2.05, 4.69) is 15.9 Å². The standard InChI is InChI=1S/C13H19BrO2/c1-8-5-9(11(15)7-14)6-10(12(8)16)13(2,3)4/h5-6,11,15-16H,7H2,1-4H3. The molecule has 90 valence electrons. The molecular formula is C13H19BrO2. The van der Waals surface area contributed by atoms with E-state index >= 15 is 0 Å². The maximum absolute atomic E-state index is 10.0. The van der Waals surface area contributed by atoms with Gasteiger partial charge in [0.25, 0.3) is 0 Å². The third-order valence-corrected chi connectivity index (χ3v) is 3.28. The second-order valence-corrected chi connectivity index (χ2v) is 5.80. The van der Waals surface area contributed by atoms with E-state index in [-0.39, 0.29) is 5.41 Å². The first-order valence-electron chi connectivity index (χ1n) is 5.35. The fourth-order valence-electron chi connectivity index (χ4n) is 1.66. The van der Waals surface area contributed by atoms with Gasteiger partial charge in [0.2, 0.25) is 0 Å². The van der Waals surface area contributed by atoms with Crippen LogP contribution >= 0.6 is 15.9 Å². The zero-order valence-corrected chi connectivity index (χ0v) is 11.8. The van der Waals surface area contributed by atoms with Gasteiger partial charge in [-0.1, -0.05) is 36.7 Å². The first kappa shape index (κ1) is 13.5. The van der Waals surface area contributed by atoms with E-state index in [1.54, 1.807) is 0 Å². The lowest BCUT2D eigenvalue weighted by atomic mass is 9.83. The summed E-state index contributed by atoms with van der Waals surface area (Å²) in [6, 6.07) is 3.71. The summed E-state index contributed by atoms with van der Waals surface area (Å²) in [5.41, 5.74) is 2.40. The smallest absolute Gasteiger partial charge is 0.122 e. The zero-order chi connectivity index (χ0) is 12.5. The van der Waals surface area contributed by atoms with Gasteiger partial charge in [-0.3, -0.25) is 0 Å². The summed E-state index contributed by atoms with van der Waals surface area (Å²) in [6.07, 6.45) is -0.527. The van der Waals surface area contributed by atoms with Crippen LogP contribution in [0.4, 0.5) is 0 Å². The summed E-state index contributed by atoms with van der Waals surface area (Å²) in [7, 11) is 0. The molecule has 1 aromatic carbocycles. The fourth-order valence-corrected chi connectivity index (χ4v) is 2.03. The lowest BCUT2D eigenvalue weighted by Crippen LogP contribution is -2.13. The van der Waals surface area contributed by atoms with E-state index in [0.717, 1.165) is 16.7 Å². The van der Waals surface area contributed by atoms with Gasteiger partial charge in [-0.15, -0.1) is 0 Å². The Bertz CT molecular complexity index is 380. The van der Waals surface area contributed by atoms with Crippen molar-refractivity contribution in [1.29, 1.82) is 0 Å². The van der Waals surface area contributed by atoms with Crippen LogP contribution in [-0.2, 0) is 5.41 Å². The average Bonchev–Trinajstić information content (AvgIpc) is 2.18. The molecule has 1 rings (SSSR count). The minimum atomic E-state index is -0.527. The molecule has 0 aromatic heterocycles. The molecule has 0 saturated heterocycles. The molecule has 1 atom stereocenters. The molecule has 2 nitrogen and oxygen atoms in total. The molecule has 0 heterocycles. The first-order chi connectivity index (χ1) is 7.27. The highest BCUT2D eigenvalue weighted by Gasteiger charge is 2.21. The van der Waals surface area contributed by atoms with Gasteiger partial charge >= 0.3 is 0 Å². The third-order valence-electron chi connectivity index (χ3n) is 2.66. The number of hydrogen-bond acceptors (Lipinski definition) is 2. The van der Waals surface area contributed by atoms with Gasteiger partial charge in [-0.25, -0.2) is 0 Å². The van der Waals surface area contributed by atoms with E-state index in [0.29, 0.717) is 11.1 Å². The maximum Gasteiger partial charge on any atom is 0.122 e. The van der Waals surface area contributed by atoms with Gasteiger partial charge < -0.3 is 10.2 Å². The number of aliphatic hydroxyl groups excluding tert-OH is 1. The molecule has 0 aliphatic rings. The van der Waals surface area contributed by atoms with Gasteiger partial charge in [-0.2, -0.15) is 0 Å². The number of aryl methyl sites for hydroxylation is 1. The van der Waals surface area contributed by atoms with Crippen molar-refractivity contribution in [3.05, 3.63) is 28.8 Å². The molecule has 2 N–H and O–H groups in total. The van der Waals surface area contributed by atoms with Gasteiger partial charge in [0.05, 0.1) is 6.10 Å². The van der Waals surface area contributed by atoms with Crippen molar-refractivity contribution in [3.63, 3.8) is 0 Å². The number of aliphatic hydroxyl groups is 1.